The molecule has 1 fully saturated rings. The predicted molar refractivity (Wildman–Crippen MR) is 89.5 cm³/mol. The van der Waals surface area contributed by atoms with Gasteiger partial charge in [-0.3, -0.25) is 4.90 Å². The standard InChI is InChI=1S/C17H16N3O2S/c1-2-15-16(18-7-1)19-17(23-15)22-14-5-3-13(4-6-14)12-20-8-10-21-11-9-20/h1-7,10H,8-9,11-12H2. The van der Waals surface area contributed by atoms with Crippen molar-refractivity contribution in [2.75, 3.05) is 19.7 Å². The molecule has 1 radical (unpaired) electrons. The molecule has 3 heterocycles. The van der Waals surface area contributed by atoms with Crippen molar-refractivity contribution in [2.24, 2.45) is 0 Å². The largest absolute Gasteiger partial charge is 0.431 e. The molecule has 0 saturated carbocycles. The first kappa shape index (κ1) is 14.6. The Labute approximate surface area is 138 Å². The van der Waals surface area contributed by atoms with Gasteiger partial charge in [0.05, 0.1) is 17.9 Å². The van der Waals surface area contributed by atoms with Crippen molar-refractivity contribution in [3.8, 4) is 10.9 Å². The van der Waals surface area contributed by atoms with Gasteiger partial charge >= 0.3 is 0 Å². The third kappa shape index (κ3) is 3.50. The molecule has 6 heteroatoms. The van der Waals surface area contributed by atoms with Crippen molar-refractivity contribution >= 4 is 21.7 Å². The van der Waals surface area contributed by atoms with E-state index in [1.54, 1.807) is 6.20 Å². The number of thiazole rings is 1. The minimum absolute atomic E-state index is 0.620. The lowest BCUT2D eigenvalue weighted by atomic mass is 10.2. The molecule has 2 aromatic heterocycles. The summed E-state index contributed by atoms with van der Waals surface area (Å²) < 4.78 is 12.1. The molecule has 0 bridgehead atoms. The summed E-state index contributed by atoms with van der Waals surface area (Å²) in [6.07, 6.45) is 1.74. The topological polar surface area (TPSA) is 47.5 Å². The van der Waals surface area contributed by atoms with E-state index in [2.05, 4.69) is 27.0 Å². The number of morpholine rings is 1. The van der Waals surface area contributed by atoms with Gasteiger partial charge in [-0.15, -0.1) is 0 Å². The second-order valence-electron chi connectivity index (χ2n) is 5.32. The Morgan fingerprint density at radius 2 is 2.13 bits per heavy atom. The quantitative estimate of drug-likeness (QED) is 0.734. The molecule has 4 rings (SSSR count). The first-order valence-electron chi connectivity index (χ1n) is 7.51. The van der Waals surface area contributed by atoms with Crippen LogP contribution in [0.1, 0.15) is 5.56 Å². The molecule has 1 aliphatic rings. The average Bonchev–Trinajstić information content (AvgIpc) is 3.00. The Bertz CT molecular complexity index is 749. The fourth-order valence-corrected chi connectivity index (χ4v) is 3.27. The second kappa shape index (κ2) is 6.62. The summed E-state index contributed by atoms with van der Waals surface area (Å²) in [5.41, 5.74) is 1.99. The zero-order chi connectivity index (χ0) is 15.5. The van der Waals surface area contributed by atoms with Crippen LogP contribution in [0.3, 0.4) is 0 Å². The SMILES string of the molecule is [CH]1CN(Cc2ccc(Oc3nc4ncccc4s3)cc2)CCO1. The van der Waals surface area contributed by atoms with Crippen LogP contribution in [0.25, 0.3) is 10.3 Å². The highest BCUT2D eigenvalue weighted by Crippen LogP contribution is 2.30. The normalized spacial score (nSPS) is 15.8. The average molecular weight is 326 g/mol. The molecule has 1 aliphatic heterocycles. The highest BCUT2D eigenvalue weighted by Gasteiger charge is 2.11. The molecule has 0 atom stereocenters. The van der Waals surface area contributed by atoms with Crippen LogP contribution in [-0.2, 0) is 11.3 Å². The number of hydrogen-bond donors (Lipinski definition) is 0. The van der Waals surface area contributed by atoms with Crippen LogP contribution >= 0.6 is 11.3 Å². The number of benzene rings is 1. The summed E-state index contributed by atoms with van der Waals surface area (Å²) in [6, 6.07) is 12.1. The molecule has 117 valence electrons. The zero-order valence-electron chi connectivity index (χ0n) is 12.5. The fraction of sp³-hybridized carbons (Fsp3) is 0.235. The van der Waals surface area contributed by atoms with Crippen LogP contribution in [0.15, 0.2) is 42.6 Å². The Morgan fingerprint density at radius 1 is 1.22 bits per heavy atom. The number of ether oxygens (including phenoxy) is 2. The summed E-state index contributed by atoms with van der Waals surface area (Å²) in [7, 11) is 0. The van der Waals surface area contributed by atoms with Crippen molar-refractivity contribution < 1.29 is 9.47 Å². The van der Waals surface area contributed by atoms with Crippen molar-refractivity contribution in [2.45, 2.75) is 6.54 Å². The van der Waals surface area contributed by atoms with E-state index in [1.807, 2.05) is 30.9 Å². The predicted octanol–water partition coefficient (Wildman–Crippen LogP) is 3.48. The van der Waals surface area contributed by atoms with E-state index >= 15 is 0 Å². The second-order valence-corrected chi connectivity index (χ2v) is 6.32. The van der Waals surface area contributed by atoms with Crippen LogP contribution < -0.4 is 4.74 Å². The van der Waals surface area contributed by atoms with E-state index in [4.69, 9.17) is 9.47 Å². The third-order valence-electron chi connectivity index (χ3n) is 3.66. The van der Waals surface area contributed by atoms with E-state index in [0.29, 0.717) is 5.19 Å². The van der Waals surface area contributed by atoms with E-state index < -0.39 is 0 Å². The van der Waals surface area contributed by atoms with Gasteiger partial charge in [0.15, 0.2) is 5.65 Å². The molecule has 1 aromatic carbocycles. The van der Waals surface area contributed by atoms with Gasteiger partial charge in [0.25, 0.3) is 5.19 Å². The van der Waals surface area contributed by atoms with Gasteiger partial charge in [-0.1, -0.05) is 23.5 Å². The maximum Gasteiger partial charge on any atom is 0.281 e. The smallest absolute Gasteiger partial charge is 0.281 e. The van der Waals surface area contributed by atoms with Crippen LogP contribution in [0.5, 0.6) is 10.9 Å². The van der Waals surface area contributed by atoms with Crippen LogP contribution in [0.4, 0.5) is 0 Å². The van der Waals surface area contributed by atoms with Crippen molar-refractivity contribution in [1.82, 2.24) is 14.9 Å². The first-order chi connectivity index (χ1) is 11.4. The molecule has 23 heavy (non-hydrogen) atoms. The molecular weight excluding hydrogens is 310 g/mol. The summed E-state index contributed by atoms with van der Waals surface area (Å²) >= 11 is 1.50. The highest BCUT2D eigenvalue weighted by molar-refractivity contribution is 7.20. The van der Waals surface area contributed by atoms with Crippen molar-refractivity contribution in [3.63, 3.8) is 0 Å². The summed E-state index contributed by atoms with van der Waals surface area (Å²) in [5.74, 6) is 0.793. The Hall–Kier alpha value is -2.02. The molecule has 0 N–H and O–H groups in total. The monoisotopic (exact) mass is 326 g/mol. The third-order valence-corrected chi connectivity index (χ3v) is 4.54. The minimum Gasteiger partial charge on any atom is -0.431 e. The fourth-order valence-electron chi connectivity index (χ4n) is 2.47. The lowest BCUT2D eigenvalue weighted by molar-refractivity contribution is 0.0811. The molecule has 1 saturated heterocycles. The zero-order valence-corrected chi connectivity index (χ0v) is 13.3. The number of aromatic nitrogens is 2. The van der Waals surface area contributed by atoms with E-state index in [0.717, 1.165) is 42.3 Å². The number of nitrogens with zero attached hydrogens (tertiary/aromatic N) is 3. The van der Waals surface area contributed by atoms with Crippen LogP contribution in [-0.4, -0.2) is 34.6 Å². The van der Waals surface area contributed by atoms with Crippen LogP contribution in [0, 0.1) is 6.61 Å². The van der Waals surface area contributed by atoms with Gasteiger partial charge in [-0.2, -0.15) is 4.98 Å². The maximum atomic E-state index is 5.84. The lowest BCUT2D eigenvalue weighted by Crippen LogP contribution is -2.33. The lowest BCUT2D eigenvalue weighted by Gasteiger charge is -2.26. The first-order valence-corrected chi connectivity index (χ1v) is 8.32. The molecule has 0 aliphatic carbocycles. The molecule has 0 amide bonds. The summed E-state index contributed by atoms with van der Waals surface area (Å²) in [5, 5.41) is 0.620. The number of fused-ring (bicyclic) bond motifs is 1. The molecule has 0 unspecified atom stereocenters. The van der Waals surface area contributed by atoms with Gasteiger partial charge < -0.3 is 9.47 Å². The van der Waals surface area contributed by atoms with E-state index in [1.165, 1.54) is 16.9 Å². The van der Waals surface area contributed by atoms with Gasteiger partial charge in [0.2, 0.25) is 0 Å². The Morgan fingerprint density at radius 3 is 2.91 bits per heavy atom. The highest BCUT2D eigenvalue weighted by atomic mass is 32.1. The van der Waals surface area contributed by atoms with E-state index in [9.17, 15) is 0 Å². The minimum atomic E-state index is 0.620. The van der Waals surface area contributed by atoms with Crippen molar-refractivity contribution in [3.05, 3.63) is 54.8 Å². The number of rotatable bonds is 4. The number of hydrogen-bond acceptors (Lipinski definition) is 6. The molecular formula is C17H16N3O2S. The number of pyridine rings is 1. The van der Waals surface area contributed by atoms with E-state index in [-0.39, 0.29) is 0 Å². The molecule has 5 nitrogen and oxygen atoms in total. The maximum absolute atomic E-state index is 5.84. The van der Waals surface area contributed by atoms with Gasteiger partial charge in [-0.05, 0) is 29.8 Å². The van der Waals surface area contributed by atoms with Gasteiger partial charge in [-0.25, -0.2) is 4.98 Å². The molecule has 0 spiro atoms. The van der Waals surface area contributed by atoms with Crippen molar-refractivity contribution in [1.29, 1.82) is 0 Å². The summed E-state index contributed by atoms with van der Waals surface area (Å²) in [4.78, 5) is 11.0. The van der Waals surface area contributed by atoms with Crippen LogP contribution in [0.2, 0.25) is 0 Å². The summed E-state index contributed by atoms with van der Waals surface area (Å²) in [6.45, 7) is 5.39. The molecule has 3 aromatic rings. The van der Waals surface area contributed by atoms with Gasteiger partial charge in [0.1, 0.15) is 5.75 Å². The van der Waals surface area contributed by atoms with Gasteiger partial charge in [0, 0.05) is 25.8 Å². The Balaban J connectivity index is 1.43. The Kier molecular flexibility index (Phi) is 4.19.